The molecule has 10 nitrogen and oxygen atoms in total. The third-order valence-corrected chi connectivity index (χ3v) is 8.26. The molecule has 0 spiro atoms. The van der Waals surface area contributed by atoms with Crippen LogP contribution in [0.2, 0.25) is 0 Å². The zero-order chi connectivity index (χ0) is 23.7. The third-order valence-electron chi connectivity index (χ3n) is 8.26. The molecular weight excluding hydrogens is 444 g/mol. The number of hydrogen-bond acceptors (Lipinski definition) is 8. The molecule has 4 bridgehead atoms. The summed E-state index contributed by atoms with van der Waals surface area (Å²) in [6.45, 7) is 0. The molecule has 8 unspecified atom stereocenters. The predicted octanol–water partition coefficient (Wildman–Crippen LogP) is 1.08. The molecule has 4 amide bonds. The Bertz CT molecular complexity index is 935. The number of carbonyl (C=O) groups excluding carboxylic acids is 6. The van der Waals surface area contributed by atoms with Gasteiger partial charge in [-0.2, -0.15) is 0 Å². The number of imide groups is 2. The van der Waals surface area contributed by atoms with Crippen molar-refractivity contribution in [1.82, 2.24) is 10.1 Å². The van der Waals surface area contributed by atoms with Crippen LogP contribution in [0.25, 0.3) is 0 Å². The predicted molar refractivity (Wildman–Crippen MR) is 110 cm³/mol. The van der Waals surface area contributed by atoms with E-state index < -0.39 is 59.2 Å². The SMILES string of the molecule is O=C(CCCCC(=O)ON1C(=O)C2C3C=CC(C3)C2C1=O)ON1C(=O)C2C3C=CC(C3)C2C1=O. The highest BCUT2D eigenvalue weighted by Gasteiger charge is 2.62. The summed E-state index contributed by atoms with van der Waals surface area (Å²) < 4.78 is 0. The van der Waals surface area contributed by atoms with Crippen LogP contribution in [0, 0.1) is 47.3 Å². The maximum atomic E-state index is 12.5. The van der Waals surface area contributed by atoms with Crippen molar-refractivity contribution in [3.8, 4) is 0 Å². The van der Waals surface area contributed by atoms with Gasteiger partial charge in [0.1, 0.15) is 0 Å². The van der Waals surface area contributed by atoms with E-state index in [9.17, 15) is 28.8 Å². The first-order chi connectivity index (χ1) is 16.3. The Labute approximate surface area is 194 Å². The lowest BCUT2D eigenvalue weighted by Gasteiger charge is -2.16. The molecule has 0 aromatic carbocycles. The van der Waals surface area contributed by atoms with Crippen LogP contribution in [0.15, 0.2) is 24.3 Å². The van der Waals surface area contributed by atoms with Crippen LogP contribution in [0.5, 0.6) is 0 Å². The van der Waals surface area contributed by atoms with Crippen molar-refractivity contribution in [2.75, 3.05) is 0 Å². The van der Waals surface area contributed by atoms with Crippen molar-refractivity contribution >= 4 is 35.6 Å². The minimum atomic E-state index is -0.726. The van der Waals surface area contributed by atoms with Gasteiger partial charge in [-0.25, -0.2) is 9.59 Å². The number of unbranched alkanes of at least 4 members (excludes halogenated alkanes) is 1. The maximum absolute atomic E-state index is 12.5. The largest absolute Gasteiger partial charge is 0.333 e. The van der Waals surface area contributed by atoms with E-state index >= 15 is 0 Å². The topological polar surface area (TPSA) is 127 Å². The van der Waals surface area contributed by atoms with E-state index in [0.717, 1.165) is 12.8 Å². The van der Waals surface area contributed by atoms with Crippen molar-refractivity contribution in [3.63, 3.8) is 0 Å². The molecule has 2 saturated carbocycles. The molecule has 34 heavy (non-hydrogen) atoms. The molecule has 4 fully saturated rings. The third kappa shape index (κ3) is 3.00. The Kier molecular flexibility index (Phi) is 4.76. The van der Waals surface area contributed by atoms with Crippen LogP contribution in [0.3, 0.4) is 0 Å². The molecule has 4 aliphatic carbocycles. The van der Waals surface area contributed by atoms with E-state index in [1.165, 1.54) is 0 Å². The monoisotopic (exact) mass is 468 g/mol. The normalized spacial score (nSPS) is 38.4. The zero-order valence-electron chi connectivity index (χ0n) is 18.3. The van der Waals surface area contributed by atoms with Crippen molar-refractivity contribution in [2.24, 2.45) is 47.3 Å². The summed E-state index contributed by atoms with van der Waals surface area (Å²) in [6, 6.07) is 0. The number of hydroxylamine groups is 4. The van der Waals surface area contributed by atoms with Gasteiger partial charge in [-0.15, -0.1) is 10.1 Å². The molecule has 2 saturated heterocycles. The van der Waals surface area contributed by atoms with Crippen LogP contribution < -0.4 is 0 Å². The van der Waals surface area contributed by atoms with Crippen LogP contribution >= 0.6 is 0 Å². The van der Waals surface area contributed by atoms with Gasteiger partial charge >= 0.3 is 11.9 Å². The second kappa shape index (κ2) is 7.61. The molecule has 2 aliphatic heterocycles. The van der Waals surface area contributed by atoms with Gasteiger partial charge in [0.25, 0.3) is 23.6 Å². The second-order valence-electron chi connectivity index (χ2n) is 10.1. The molecule has 6 aliphatic rings. The fraction of sp³-hybridized carbons (Fsp3) is 0.583. The summed E-state index contributed by atoms with van der Waals surface area (Å²) in [5, 5.41) is 1.23. The summed E-state index contributed by atoms with van der Waals surface area (Å²) >= 11 is 0. The van der Waals surface area contributed by atoms with Gasteiger partial charge in [-0.05, 0) is 49.4 Å². The van der Waals surface area contributed by atoms with Gasteiger partial charge in [0.15, 0.2) is 0 Å². The van der Waals surface area contributed by atoms with E-state index in [0.29, 0.717) is 10.1 Å². The molecule has 178 valence electrons. The van der Waals surface area contributed by atoms with E-state index in [-0.39, 0.29) is 49.4 Å². The van der Waals surface area contributed by atoms with Crippen LogP contribution in [-0.2, 0) is 38.4 Å². The molecule has 0 N–H and O–H groups in total. The van der Waals surface area contributed by atoms with Crippen molar-refractivity contribution in [3.05, 3.63) is 24.3 Å². The Hall–Kier alpha value is -3.30. The molecule has 8 atom stereocenters. The highest BCUT2D eigenvalue weighted by molar-refractivity contribution is 6.06. The highest BCUT2D eigenvalue weighted by atomic mass is 16.7. The van der Waals surface area contributed by atoms with E-state index in [1.54, 1.807) is 0 Å². The van der Waals surface area contributed by atoms with Crippen molar-refractivity contribution in [1.29, 1.82) is 0 Å². The first-order valence-corrected chi connectivity index (χ1v) is 11.9. The first-order valence-electron chi connectivity index (χ1n) is 11.9. The van der Waals surface area contributed by atoms with E-state index in [4.69, 9.17) is 9.68 Å². The Morgan fingerprint density at radius 3 is 1.21 bits per heavy atom. The molecule has 0 radical (unpaired) electrons. The number of allylic oxidation sites excluding steroid dienone is 4. The smallest absolute Gasteiger partial charge is 0.330 e. The number of nitrogens with zero attached hydrogens (tertiary/aromatic N) is 2. The number of hydrogen-bond donors (Lipinski definition) is 0. The highest BCUT2D eigenvalue weighted by Crippen LogP contribution is 2.53. The number of fused-ring (bicyclic) bond motifs is 10. The van der Waals surface area contributed by atoms with Gasteiger partial charge in [0.05, 0.1) is 23.7 Å². The van der Waals surface area contributed by atoms with Gasteiger partial charge in [0, 0.05) is 12.8 Å². The number of amides is 4. The van der Waals surface area contributed by atoms with Gasteiger partial charge in [0.2, 0.25) is 0 Å². The molecule has 0 aromatic heterocycles. The minimum Gasteiger partial charge on any atom is -0.330 e. The lowest BCUT2D eigenvalue weighted by atomic mass is 9.85. The number of rotatable bonds is 7. The van der Waals surface area contributed by atoms with E-state index in [2.05, 4.69) is 0 Å². The van der Waals surface area contributed by atoms with E-state index in [1.807, 2.05) is 24.3 Å². The Morgan fingerprint density at radius 2 is 0.912 bits per heavy atom. The summed E-state index contributed by atoms with van der Waals surface area (Å²) in [5.74, 6) is -4.93. The van der Waals surface area contributed by atoms with Crippen molar-refractivity contribution in [2.45, 2.75) is 38.5 Å². The fourth-order valence-electron chi connectivity index (χ4n) is 6.76. The number of carbonyl (C=O) groups is 6. The lowest BCUT2D eigenvalue weighted by molar-refractivity contribution is -0.200. The van der Waals surface area contributed by atoms with Crippen LogP contribution in [0.1, 0.15) is 38.5 Å². The minimum absolute atomic E-state index is 0.0292. The average molecular weight is 468 g/mol. The van der Waals surface area contributed by atoms with Gasteiger partial charge in [-0.1, -0.05) is 24.3 Å². The molecule has 10 heteroatoms. The fourth-order valence-corrected chi connectivity index (χ4v) is 6.76. The maximum Gasteiger partial charge on any atom is 0.333 e. The molecular formula is C24H24N2O8. The Morgan fingerprint density at radius 1 is 0.618 bits per heavy atom. The lowest BCUT2D eigenvalue weighted by Crippen LogP contribution is -2.35. The molecule has 6 rings (SSSR count). The summed E-state index contributed by atoms with van der Waals surface area (Å²) in [5.41, 5.74) is 0. The first kappa shape index (κ1) is 21.2. The second-order valence-corrected chi connectivity index (χ2v) is 10.1. The summed E-state index contributed by atoms with van der Waals surface area (Å²) in [7, 11) is 0. The average Bonchev–Trinajstić information content (AvgIpc) is 3.65. The van der Waals surface area contributed by atoms with Crippen molar-refractivity contribution < 1.29 is 38.4 Å². The van der Waals surface area contributed by atoms with Gasteiger partial charge < -0.3 is 9.68 Å². The standard InChI is InChI=1S/C24H24N2O8/c27-15(33-25-21(29)17-11-5-6-12(9-11)18(17)22(25)30)3-1-2-4-16(28)34-26-23(31)19-13-7-8-14(10-13)20(19)24(26)32/h5-8,11-14,17-20H,1-4,9-10H2. The summed E-state index contributed by atoms with van der Waals surface area (Å²) in [6.07, 6.45) is 9.73. The zero-order valence-corrected chi connectivity index (χ0v) is 18.3. The summed E-state index contributed by atoms with van der Waals surface area (Å²) in [4.78, 5) is 84.6. The Balaban J connectivity index is 0.939. The van der Waals surface area contributed by atoms with Crippen LogP contribution in [-0.4, -0.2) is 45.7 Å². The molecule has 2 heterocycles. The van der Waals surface area contributed by atoms with Crippen LogP contribution in [0.4, 0.5) is 0 Å². The van der Waals surface area contributed by atoms with Gasteiger partial charge in [-0.3, -0.25) is 19.2 Å². The molecule has 0 aromatic rings. The quantitative estimate of drug-likeness (QED) is 0.309.